The Morgan fingerprint density at radius 1 is 1.24 bits per heavy atom. The van der Waals surface area contributed by atoms with Crippen LogP contribution in [0.1, 0.15) is 36.5 Å². The lowest BCUT2D eigenvalue weighted by Gasteiger charge is -2.36. The van der Waals surface area contributed by atoms with Gasteiger partial charge >= 0.3 is 0 Å². The summed E-state index contributed by atoms with van der Waals surface area (Å²) >= 11 is 0. The topological polar surface area (TPSA) is 147 Å². The molecule has 1 aliphatic carbocycles. The number of aryl methyl sites for hydroxylation is 1. The summed E-state index contributed by atoms with van der Waals surface area (Å²) in [7, 11) is 1.82. The van der Waals surface area contributed by atoms with Crippen LogP contribution in [0.15, 0.2) is 24.8 Å². The summed E-state index contributed by atoms with van der Waals surface area (Å²) in [5.74, 6) is -0.608. The molecule has 5 rings (SSSR count). The zero-order valence-electron chi connectivity index (χ0n) is 18.5. The van der Waals surface area contributed by atoms with Gasteiger partial charge < -0.3 is 16.0 Å². The van der Waals surface area contributed by atoms with E-state index in [0.717, 1.165) is 12.0 Å². The van der Waals surface area contributed by atoms with E-state index in [0.29, 0.717) is 43.0 Å². The Labute approximate surface area is 190 Å². The fourth-order valence-electron chi connectivity index (χ4n) is 4.67. The first-order valence-corrected chi connectivity index (χ1v) is 11.0. The highest BCUT2D eigenvalue weighted by Crippen LogP contribution is 2.43. The smallest absolute Gasteiger partial charge is 0.252 e. The predicted molar refractivity (Wildman–Crippen MR) is 119 cm³/mol. The van der Waals surface area contributed by atoms with Gasteiger partial charge in [0.25, 0.3) is 5.91 Å². The van der Waals surface area contributed by atoms with Crippen LogP contribution in [0.4, 0.5) is 5.69 Å². The molecule has 1 saturated heterocycles. The van der Waals surface area contributed by atoms with E-state index in [1.807, 2.05) is 20.2 Å². The lowest BCUT2D eigenvalue weighted by Crippen LogP contribution is -2.46. The van der Waals surface area contributed by atoms with Gasteiger partial charge in [-0.1, -0.05) is 6.92 Å². The number of hydrogen-bond donors (Lipinski definition) is 2. The molecule has 33 heavy (non-hydrogen) atoms. The quantitative estimate of drug-likeness (QED) is 0.597. The molecule has 11 nitrogen and oxygen atoms in total. The maximum Gasteiger partial charge on any atom is 0.252 e. The summed E-state index contributed by atoms with van der Waals surface area (Å²) < 4.78 is 3.28. The van der Waals surface area contributed by atoms with Crippen molar-refractivity contribution >= 4 is 23.1 Å². The number of amides is 2. The van der Waals surface area contributed by atoms with Crippen molar-refractivity contribution in [3.05, 3.63) is 30.4 Å². The number of anilines is 1. The van der Waals surface area contributed by atoms with E-state index < -0.39 is 11.3 Å². The second-order valence-electron chi connectivity index (χ2n) is 9.08. The van der Waals surface area contributed by atoms with Gasteiger partial charge in [0.15, 0.2) is 5.65 Å². The van der Waals surface area contributed by atoms with E-state index in [-0.39, 0.29) is 23.4 Å². The molecule has 3 aromatic heterocycles. The fraction of sp³-hybridized carbons (Fsp3) is 0.455. The zero-order valence-corrected chi connectivity index (χ0v) is 18.5. The van der Waals surface area contributed by atoms with Crippen molar-refractivity contribution in [1.29, 1.82) is 5.26 Å². The molecule has 170 valence electrons. The van der Waals surface area contributed by atoms with Gasteiger partial charge in [-0.3, -0.25) is 14.3 Å². The third-order valence-electron chi connectivity index (χ3n) is 6.82. The Morgan fingerprint density at radius 2 is 2.03 bits per heavy atom. The van der Waals surface area contributed by atoms with Gasteiger partial charge in [0.1, 0.15) is 5.41 Å². The van der Waals surface area contributed by atoms with Crippen LogP contribution in [0, 0.1) is 22.7 Å². The molecule has 2 amide bonds. The lowest BCUT2D eigenvalue weighted by molar-refractivity contribution is -0.142. The summed E-state index contributed by atoms with van der Waals surface area (Å²) in [5.41, 5.74) is 7.43. The normalized spacial score (nSPS) is 21.5. The van der Waals surface area contributed by atoms with E-state index in [1.54, 1.807) is 26.5 Å². The zero-order chi connectivity index (χ0) is 23.3. The van der Waals surface area contributed by atoms with Crippen molar-refractivity contribution in [3.63, 3.8) is 0 Å². The Kier molecular flexibility index (Phi) is 4.81. The maximum atomic E-state index is 13.0. The van der Waals surface area contributed by atoms with Crippen LogP contribution in [0.3, 0.4) is 0 Å². The van der Waals surface area contributed by atoms with Gasteiger partial charge in [-0.15, -0.1) is 0 Å². The number of rotatable bonds is 5. The number of nitrogens with zero attached hydrogens (tertiary/aromatic N) is 7. The van der Waals surface area contributed by atoms with Crippen molar-refractivity contribution in [3.8, 4) is 17.3 Å². The van der Waals surface area contributed by atoms with Crippen LogP contribution in [-0.4, -0.2) is 60.2 Å². The van der Waals surface area contributed by atoms with Gasteiger partial charge in [0.05, 0.1) is 41.6 Å². The summed E-state index contributed by atoms with van der Waals surface area (Å²) in [5, 5.41) is 21.5. The third kappa shape index (κ3) is 3.38. The maximum absolute atomic E-state index is 13.0. The fourth-order valence-corrected chi connectivity index (χ4v) is 4.67. The number of nitrogens with two attached hydrogens (primary N) is 1. The van der Waals surface area contributed by atoms with Crippen LogP contribution >= 0.6 is 0 Å². The SMILES string of the molecule is C[C@H]1CN(C(=O)C2(C#N)CCC2)C[C@H]1Nc1c(C(N)=O)cnn2cc(-c3cnn(C)c3)nc12. The molecule has 2 atom stereocenters. The number of carbonyl (C=O) groups excluding carboxylic acids is 2. The number of hydrogen-bond acceptors (Lipinski definition) is 7. The third-order valence-corrected chi connectivity index (χ3v) is 6.82. The van der Waals surface area contributed by atoms with Crippen LogP contribution in [0.25, 0.3) is 16.9 Å². The number of imidazole rings is 1. The molecule has 11 heteroatoms. The Balaban J connectivity index is 1.47. The molecule has 3 N–H and O–H groups in total. The number of aromatic nitrogens is 5. The Bertz CT molecular complexity index is 1300. The highest BCUT2D eigenvalue weighted by atomic mass is 16.2. The molecule has 2 fully saturated rings. The van der Waals surface area contributed by atoms with E-state index >= 15 is 0 Å². The van der Waals surface area contributed by atoms with Crippen LogP contribution in [0.2, 0.25) is 0 Å². The number of nitrogens with one attached hydrogen (secondary N) is 1. The molecular formula is C22H25N9O2. The highest BCUT2D eigenvalue weighted by Gasteiger charge is 2.49. The molecule has 0 spiro atoms. The minimum absolute atomic E-state index is 0.0953. The molecule has 0 radical (unpaired) electrons. The van der Waals surface area contributed by atoms with E-state index in [2.05, 4.69) is 26.6 Å². The van der Waals surface area contributed by atoms with Gasteiger partial charge in [-0.25, -0.2) is 9.50 Å². The lowest BCUT2D eigenvalue weighted by atomic mass is 9.69. The predicted octanol–water partition coefficient (Wildman–Crippen LogP) is 1.18. The van der Waals surface area contributed by atoms with Crippen molar-refractivity contribution in [2.45, 2.75) is 32.2 Å². The van der Waals surface area contributed by atoms with Crippen LogP contribution in [0.5, 0.6) is 0 Å². The Morgan fingerprint density at radius 3 is 2.64 bits per heavy atom. The van der Waals surface area contributed by atoms with Crippen LogP contribution in [-0.2, 0) is 11.8 Å². The summed E-state index contributed by atoms with van der Waals surface area (Å²) in [6.07, 6.45) is 8.88. The van der Waals surface area contributed by atoms with Crippen molar-refractivity contribution < 1.29 is 9.59 Å². The van der Waals surface area contributed by atoms with Gasteiger partial charge in [-0.2, -0.15) is 15.5 Å². The average molecular weight is 448 g/mol. The first-order chi connectivity index (χ1) is 15.8. The van der Waals surface area contributed by atoms with E-state index in [1.165, 1.54) is 6.20 Å². The van der Waals surface area contributed by atoms with Crippen molar-refractivity contribution in [2.75, 3.05) is 18.4 Å². The number of carbonyl (C=O) groups is 2. The van der Waals surface area contributed by atoms with Gasteiger partial charge in [0.2, 0.25) is 5.91 Å². The summed E-state index contributed by atoms with van der Waals surface area (Å²) in [4.78, 5) is 31.7. The second kappa shape index (κ2) is 7.58. The Hall–Kier alpha value is -3.94. The molecule has 2 aliphatic rings. The first kappa shape index (κ1) is 20.9. The largest absolute Gasteiger partial charge is 0.376 e. The molecule has 0 bridgehead atoms. The monoisotopic (exact) mass is 447 g/mol. The second-order valence-corrected chi connectivity index (χ2v) is 9.08. The minimum atomic E-state index is -0.876. The van der Waals surface area contributed by atoms with E-state index in [4.69, 9.17) is 5.73 Å². The molecule has 0 unspecified atom stereocenters. The van der Waals surface area contributed by atoms with Gasteiger partial charge in [0, 0.05) is 37.9 Å². The van der Waals surface area contributed by atoms with E-state index in [9.17, 15) is 14.9 Å². The standard InChI is InChI=1S/C22H25N9O2/c1-13-8-30(21(33)22(12-23)4-3-5-22)10-16(13)27-18-15(19(24)32)7-26-31-11-17(28-20(18)31)14-6-25-29(2)9-14/h6-7,9,11,13,16,27H,3-5,8,10H2,1-2H3,(H2,24,32)/t13-,16+/m0/s1. The average Bonchev–Trinajstić information content (AvgIpc) is 3.46. The summed E-state index contributed by atoms with van der Waals surface area (Å²) in [6, 6.07) is 2.11. The van der Waals surface area contributed by atoms with Gasteiger partial charge in [-0.05, 0) is 25.2 Å². The van der Waals surface area contributed by atoms with Crippen molar-refractivity contribution in [1.82, 2.24) is 29.3 Å². The first-order valence-electron chi connectivity index (χ1n) is 11.0. The van der Waals surface area contributed by atoms with Crippen molar-refractivity contribution in [2.24, 2.45) is 24.1 Å². The molecule has 1 aliphatic heterocycles. The number of likely N-dealkylation sites (tertiary alicyclic amines) is 1. The highest BCUT2D eigenvalue weighted by molar-refractivity contribution is 6.01. The molecular weight excluding hydrogens is 422 g/mol. The summed E-state index contributed by atoms with van der Waals surface area (Å²) in [6.45, 7) is 3.02. The van der Waals surface area contributed by atoms with Crippen LogP contribution < -0.4 is 11.1 Å². The molecule has 4 heterocycles. The number of primary amides is 1. The minimum Gasteiger partial charge on any atom is -0.376 e. The number of nitriles is 1. The molecule has 1 saturated carbocycles. The molecule has 3 aromatic rings. The number of fused-ring (bicyclic) bond motifs is 1. The molecule has 0 aromatic carbocycles.